The minimum atomic E-state index is 0.563. The van der Waals surface area contributed by atoms with Crippen molar-refractivity contribution in [3.8, 4) is 11.5 Å². The van der Waals surface area contributed by atoms with Gasteiger partial charge >= 0.3 is 0 Å². The van der Waals surface area contributed by atoms with E-state index in [-0.39, 0.29) is 0 Å². The molecule has 2 atom stereocenters. The van der Waals surface area contributed by atoms with Crippen molar-refractivity contribution in [3.05, 3.63) is 72.1 Å². The first-order valence-electron chi connectivity index (χ1n) is 11.9. The lowest BCUT2D eigenvalue weighted by atomic mass is 10.1. The first kappa shape index (κ1) is 22.5. The number of piperazine rings is 1. The SMILES string of the molecule is COc1ccc(CN(Cc2ccc(OC)cc2)c2ncc(N3C4CCC3CN(C)C4)cn2)cc1. The zero-order chi connectivity index (χ0) is 23.5. The van der Waals surface area contributed by atoms with Gasteiger partial charge in [0.15, 0.2) is 0 Å². The third-order valence-electron chi connectivity index (χ3n) is 6.94. The number of ether oxygens (including phenoxy) is 2. The lowest BCUT2D eigenvalue weighted by molar-refractivity contribution is 0.264. The lowest BCUT2D eigenvalue weighted by Crippen LogP contribution is -2.52. The van der Waals surface area contributed by atoms with Crippen LogP contribution < -0.4 is 19.3 Å². The Morgan fingerprint density at radius 2 is 1.26 bits per heavy atom. The number of hydrogen-bond donors (Lipinski definition) is 0. The van der Waals surface area contributed by atoms with Crippen molar-refractivity contribution in [3.63, 3.8) is 0 Å². The molecular weight excluding hydrogens is 426 g/mol. The molecule has 2 aliphatic rings. The van der Waals surface area contributed by atoms with Gasteiger partial charge in [-0.25, -0.2) is 9.97 Å². The molecule has 2 aromatic carbocycles. The van der Waals surface area contributed by atoms with Crippen molar-refractivity contribution in [2.45, 2.75) is 38.0 Å². The molecule has 3 heterocycles. The second kappa shape index (κ2) is 9.89. The first-order valence-corrected chi connectivity index (χ1v) is 11.9. The number of hydrogen-bond acceptors (Lipinski definition) is 7. The van der Waals surface area contributed by atoms with Crippen LogP contribution in [0.25, 0.3) is 0 Å². The van der Waals surface area contributed by atoms with Crippen molar-refractivity contribution < 1.29 is 9.47 Å². The van der Waals surface area contributed by atoms with Gasteiger partial charge in [-0.1, -0.05) is 24.3 Å². The summed E-state index contributed by atoms with van der Waals surface area (Å²) in [5.74, 6) is 2.44. The summed E-state index contributed by atoms with van der Waals surface area (Å²) in [6, 6.07) is 17.5. The molecule has 2 aliphatic heterocycles. The van der Waals surface area contributed by atoms with Crippen LogP contribution >= 0.6 is 0 Å². The fourth-order valence-electron chi connectivity index (χ4n) is 5.25. The van der Waals surface area contributed by atoms with Crippen LogP contribution in [-0.4, -0.2) is 61.3 Å². The number of anilines is 2. The minimum absolute atomic E-state index is 0.563. The molecule has 178 valence electrons. The van der Waals surface area contributed by atoms with Gasteiger partial charge in [0.2, 0.25) is 5.95 Å². The van der Waals surface area contributed by atoms with E-state index < -0.39 is 0 Å². The molecule has 3 aromatic rings. The van der Waals surface area contributed by atoms with Gasteiger partial charge in [0.05, 0.1) is 32.3 Å². The fraction of sp³-hybridized carbons (Fsp3) is 0.407. The van der Waals surface area contributed by atoms with Crippen molar-refractivity contribution in [2.24, 2.45) is 0 Å². The van der Waals surface area contributed by atoms with Gasteiger partial charge in [0, 0.05) is 38.3 Å². The molecule has 5 rings (SSSR count). The fourth-order valence-corrected chi connectivity index (χ4v) is 5.25. The van der Waals surface area contributed by atoms with Crippen LogP contribution in [0.3, 0.4) is 0 Å². The quantitative estimate of drug-likeness (QED) is 0.505. The van der Waals surface area contributed by atoms with Crippen LogP contribution in [0.5, 0.6) is 11.5 Å². The number of aromatic nitrogens is 2. The maximum absolute atomic E-state index is 5.32. The molecule has 0 N–H and O–H groups in total. The Kier molecular flexibility index (Phi) is 6.54. The summed E-state index contributed by atoms with van der Waals surface area (Å²) in [6.07, 6.45) is 6.51. The minimum Gasteiger partial charge on any atom is -0.497 e. The van der Waals surface area contributed by atoms with Crippen molar-refractivity contribution >= 4 is 11.6 Å². The molecule has 7 nitrogen and oxygen atoms in total. The van der Waals surface area contributed by atoms with Crippen molar-refractivity contribution in [1.29, 1.82) is 0 Å². The smallest absolute Gasteiger partial charge is 0.225 e. The standard InChI is InChI=1S/C27H33N5O2/c1-30-18-22-8-9-23(19-30)32(22)24-14-28-27(29-15-24)31(16-20-4-10-25(33-2)11-5-20)17-21-6-12-26(34-3)13-7-21/h4-7,10-15,22-23H,8-9,16-19H2,1-3H3. The van der Waals surface area contributed by atoms with Crippen LogP contribution in [0, 0.1) is 0 Å². The van der Waals surface area contributed by atoms with Crippen LogP contribution in [0.4, 0.5) is 11.6 Å². The summed E-state index contributed by atoms with van der Waals surface area (Å²) >= 11 is 0. The highest BCUT2D eigenvalue weighted by atomic mass is 16.5. The van der Waals surface area contributed by atoms with E-state index in [2.05, 4.69) is 46.0 Å². The Morgan fingerprint density at radius 1 is 0.794 bits per heavy atom. The number of likely N-dealkylation sites (N-methyl/N-ethyl adjacent to an activating group) is 1. The molecule has 0 radical (unpaired) electrons. The van der Waals surface area contributed by atoms with E-state index >= 15 is 0 Å². The Bertz CT molecular complexity index is 1010. The molecule has 34 heavy (non-hydrogen) atoms. The van der Waals surface area contributed by atoms with Crippen molar-refractivity contribution in [2.75, 3.05) is 44.2 Å². The summed E-state index contributed by atoms with van der Waals surface area (Å²) in [4.78, 5) is 16.9. The van der Waals surface area contributed by atoms with Gasteiger partial charge in [-0.3, -0.25) is 0 Å². The average Bonchev–Trinajstić information content (AvgIpc) is 3.15. The Balaban J connectivity index is 1.38. The molecule has 2 fully saturated rings. The monoisotopic (exact) mass is 459 g/mol. The van der Waals surface area contributed by atoms with E-state index in [1.165, 1.54) is 24.0 Å². The Labute approximate surface area is 201 Å². The lowest BCUT2D eigenvalue weighted by Gasteiger charge is -2.40. The van der Waals surface area contributed by atoms with Crippen LogP contribution in [-0.2, 0) is 13.1 Å². The van der Waals surface area contributed by atoms with Gasteiger partial charge in [-0.05, 0) is 55.3 Å². The van der Waals surface area contributed by atoms with E-state index in [0.29, 0.717) is 25.2 Å². The zero-order valence-corrected chi connectivity index (χ0v) is 20.2. The van der Waals surface area contributed by atoms with E-state index in [0.717, 1.165) is 36.2 Å². The second-order valence-corrected chi connectivity index (χ2v) is 9.31. The predicted molar refractivity (Wildman–Crippen MR) is 135 cm³/mol. The molecular formula is C27H33N5O2. The maximum Gasteiger partial charge on any atom is 0.225 e. The van der Waals surface area contributed by atoms with E-state index in [1.54, 1.807) is 14.2 Å². The molecule has 0 spiro atoms. The normalized spacial score (nSPS) is 19.8. The Hall–Kier alpha value is -3.32. The highest BCUT2D eigenvalue weighted by Gasteiger charge is 2.39. The third-order valence-corrected chi connectivity index (χ3v) is 6.94. The predicted octanol–water partition coefficient (Wildman–Crippen LogP) is 3.98. The molecule has 0 saturated carbocycles. The van der Waals surface area contributed by atoms with E-state index in [9.17, 15) is 0 Å². The van der Waals surface area contributed by atoms with E-state index in [1.807, 2.05) is 36.7 Å². The number of likely N-dealkylation sites (tertiary alicyclic amines) is 1. The van der Waals surface area contributed by atoms with E-state index in [4.69, 9.17) is 19.4 Å². The first-order chi connectivity index (χ1) is 16.6. The number of fused-ring (bicyclic) bond motifs is 2. The zero-order valence-electron chi connectivity index (χ0n) is 20.2. The molecule has 2 saturated heterocycles. The van der Waals surface area contributed by atoms with Gasteiger partial charge in [0.25, 0.3) is 0 Å². The molecule has 7 heteroatoms. The largest absolute Gasteiger partial charge is 0.497 e. The summed E-state index contributed by atoms with van der Waals surface area (Å²) in [6.45, 7) is 3.63. The highest BCUT2D eigenvalue weighted by molar-refractivity contribution is 5.50. The van der Waals surface area contributed by atoms with Crippen LogP contribution in [0.15, 0.2) is 60.9 Å². The van der Waals surface area contributed by atoms with Gasteiger partial charge in [0.1, 0.15) is 11.5 Å². The van der Waals surface area contributed by atoms with Gasteiger partial charge in [-0.15, -0.1) is 0 Å². The number of methoxy groups -OCH3 is 2. The van der Waals surface area contributed by atoms with Gasteiger partial charge < -0.3 is 24.2 Å². The summed E-state index contributed by atoms with van der Waals surface area (Å²) in [5.41, 5.74) is 3.50. The van der Waals surface area contributed by atoms with Crippen LogP contribution in [0.1, 0.15) is 24.0 Å². The maximum atomic E-state index is 5.32. The summed E-state index contributed by atoms with van der Waals surface area (Å²) in [7, 11) is 5.60. The Morgan fingerprint density at radius 3 is 1.71 bits per heavy atom. The number of benzene rings is 2. The molecule has 0 amide bonds. The molecule has 2 bridgehead atoms. The highest BCUT2D eigenvalue weighted by Crippen LogP contribution is 2.34. The molecule has 0 aliphatic carbocycles. The molecule has 1 aromatic heterocycles. The van der Waals surface area contributed by atoms with Crippen LogP contribution in [0.2, 0.25) is 0 Å². The summed E-state index contributed by atoms with van der Waals surface area (Å²) < 4.78 is 10.6. The average molecular weight is 460 g/mol. The van der Waals surface area contributed by atoms with Gasteiger partial charge in [-0.2, -0.15) is 0 Å². The topological polar surface area (TPSA) is 54.0 Å². The number of nitrogens with zero attached hydrogens (tertiary/aromatic N) is 5. The third kappa shape index (κ3) is 4.80. The second-order valence-electron chi connectivity index (χ2n) is 9.31. The summed E-state index contributed by atoms with van der Waals surface area (Å²) in [5, 5.41) is 0. The molecule has 2 unspecified atom stereocenters. The van der Waals surface area contributed by atoms with Crippen molar-refractivity contribution in [1.82, 2.24) is 14.9 Å². The number of rotatable bonds is 8.